The SMILES string of the molecule is CCCCCCC(C)/C=C(\C)C1OC(=O)/C(=C/CC(=O)O)CC1O. The molecule has 136 valence electrons. The molecule has 0 bridgehead atoms. The first-order valence-electron chi connectivity index (χ1n) is 8.83. The number of carbonyl (C=O) groups is 2. The number of unbranched alkanes of at least 4 members (excludes halogenated alkanes) is 3. The van der Waals surface area contributed by atoms with Crippen LogP contribution in [-0.4, -0.2) is 34.4 Å². The average molecular weight is 338 g/mol. The number of rotatable bonds is 9. The molecule has 0 aromatic rings. The molecule has 1 aliphatic rings. The molecule has 5 nitrogen and oxygen atoms in total. The first-order chi connectivity index (χ1) is 11.3. The molecule has 1 heterocycles. The van der Waals surface area contributed by atoms with Gasteiger partial charge in [-0.05, 0) is 24.8 Å². The van der Waals surface area contributed by atoms with Crippen LogP contribution in [0.1, 0.15) is 65.7 Å². The van der Waals surface area contributed by atoms with Crippen molar-refractivity contribution in [2.75, 3.05) is 0 Å². The van der Waals surface area contributed by atoms with E-state index in [2.05, 4.69) is 19.9 Å². The van der Waals surface area contributed by atoms with Crippen molar-refractivity contribution >= 4 is 11.9 Å². The second-order valence-corrected chi connectivity index (χ2v) is 6.66. The largest absolute Gasteiger partial charge is 0.481 e. The van der Waals surface area contributed by atoms with E-state index >= 15 is 0 Å². The van der Waals surface area contributed by atoms with E-state index in [9.17, 15) is 14.7 Å². The molecule has 0 aliphatic carbocycles. The predicted octanol–water partition coefficient (Wildman–Crippen LogP) is 3.62. The molecule has 0 aromatic heterocycles. The maximum atomic E-state index is 12.0. The van der Waals surface area contributed by atoms with Crippen LogP contribution >= 0.6 is 0 Å². The highest BCUT2D eigenvalue weighted by Crippen LogP contribution is 2.26. The van der Waals surface area contributed by atoms with Gasteiger partial charge in [0.2, 0.25) is 0 Å². The van der Waals surface area contributed by atoms with Crippen molar-refractivity contribution in [3.8, 4) is 0 Å². The smallest absolute Gasteiger partial charge is 0.334 e. The number of esters is 1. The Morgan fingerprint density at radius 3 is 2.71 bits per heavy atom. The van der Waals surface area contributed by atoms with Gasteiger partial charge in [0.15, 0.2) is 0 Å². The number of carboxylic acids is 1. The quantitative estimate of drug-likeness (QED) is 0.290. The van der Waals surface area contributed by atoms with Crippen molar-refractivity contribution < 1.29 is 24.5 Å². The van der Waals surface area contributed by atoms with Crippen molar-refractivity contribution in [1.29, 1.82) is 0 Å². The molecular formula is C19H30O5. The molecule has 0 amide bonds. The minimum atomic E-state index is -1.01. The molecule has 0 spiro atoms. The maximum absolute atomic E-state index is 12.0. The van der Waals surface area contributed by atoms with Crippen LogP contribution in [-0.2, 0) is 14.3 Å². The zero-order chi connectivity index (χ0) is 18.1. The molecule has 3 atom stereocenters. The third-order valence-electron chi connectivity index (χ3n) is 4.31. The molecule has 1 saturated heterocycles. The Labute approximate surface area is 144 Å². The van der Waals surface area contributed by atoms with Crippen LogP contribution in [0.3, 0.4) is 0 Å². The van der Waals surface area contributed by atoms with E-state index in [1.165, 1.54) is 31.8 Å². The molecule has 3 unspecified atom stereocenters. The lowest BCUT2D eigenvalue weighted by Gasteiger charge is -2.30. The van der Waals surface area contributed by atoms with E-state index in [4.69, 9.17) is 9.84 Å². The van der Waals surface area contributed by atoms with Gasteiger partial charge in [-0.3, -0.25) is 4.79 Å². The molecule has 1 fully saturated rings. The van der Waals surface area contributed by atoms with Gasteiger partial charge in [0.1, 0.15) is 6.10 Å². The summed E-state index contributed by atoms with van der Waals surface area (Å²) in [5, 5.41) is 18.9. The van der Waals surface area contributed by atoms with Crippen LogP contribution in [0.2, 0.25) is 0 Å². The highest BCUT2D eigenvalue weighted by Gasteiger charge is 2.33. The molecule has 5 heteroatoms. The van der Waals surface area contributed by atoms with E-state index in [1.54, 1.807) is 0 Å². The van der Waals surface area contributed by atoms with Crippen LogP contribution in [0, 0.1) is 5.92 Å². The van der Waals surface area contributed by atoms with Gasteiger partial charge in [-0.15, -0.1) is 0 Å². The summed E-state index contributed by atoms with van der Waals surface area (Å²) in [6, 6.07) is 0. The maximum Gasteiger partial charge on any atom is 0.334 e. The minimum Gasteiger partial charge on any atom is -0.481 e. The number of carboxylic acid groups (broad SMARTS) is 1. The van der Waals surface area contributed by atoms with Crippen molar-refractivity contribution in [2.24, 2.45) is 5.92 Å². The highest BCUT2D eigenvalue weighted by molar-refractivity contribution is 5.90. The summed E-state index contributed by atoms with van der Waals surface area (Å²) in [5.41, 5.74) is 1.10. The first kappa shape index (κ1) is 20.4. The first-order valence-corrected chi connectivity index (χ1v) is 8.83. The van der Waals surface area contributed by atoms with Crippen molar-refractivity contribution in [2.45, 2.75) is 77.9 Å². The molecule has 0 aromatic carbocycles. The van der Waals surface area contributed by atoms with Crippen LogP contribution in [0.5, 0.6) is 0 Å². The Morgan fingerprint density at radius 1 is 1.38 bits per heavy atom. The molecule has 0 radical (unpaired) electrons. The Hall–Kier alpha value is -1.62. The molecule has 1 rings (SSSR count). The van der Waals surface area contributed by atoms with E-state index in [0.717, 1.165) is 12.0 Å². The Kier molecular flexibility index (Phi) is 8.76. The fourth-order valence-corrected chi connectivity index (χ4v) is 2.98. The second kappa shape index (κ2) is 10.3. The van der Waals surface area contributed by atoms with Gasteiger partial charge in [-0.2, -0.15) is 0 Å². The summed E-state index contributed by atoms with van der Waals surface area (Å²) < 4.78 is 5.33. The van der Waals surface area contributed by atoms with Gasteiger partial charge in [-0.25, -0.2) is 4.79 Å². The summed E-state index contributed by atoms with van der Waals surface area (Å²) >= 11 is 0. The van der Waals surface area contributed by atoms with Crippen molar-refractivity contribution in [3.63, 3.8) is 0 Å². The second-order valence-electron chi connectivity index (χ2n) is 6.66. The minimum absolute atomic E-state index is 0.132. The summed E-state index contributed by atoms with van der Waals surface area (Å²) in [7, 11) is 0. The summed E-state index contributed by atoms with van der Waals surface area (Å²) in [6.07, 6.45) is 7.75. The molecule has 2 N–H and O–H groups in total. The average Bonchev–Trinajstić information content (AvgIpc) is 2.51. The van der Waals surface area contributed by atoms with Crippen molar-refractivity contribution in [3.05, 3.63) is 23.3 Å². The zero-order valence-electron chi connectivity index (χ0n) is 15.0. The Bertz CT molecular complexity index is 492. The Morgan fingerprint density at radius 2 is 2.08 bits per heavy atom. The lowest BCUT2D eigenvalue weighted by atomic mass is 9.92. The number of hydrogen-bond acceptors (Lipinski definition) is 4. The number of aliphatic carboxylic acids is 1. The number of allylic oxidation sites excluding steroid dienone is 1. The van der Waals surface area contributed by atoms with Crippen LogP contribution < -0.4 is 0 Å². The molecule has 24 heavy (non-hydrogen) atoms. The number of hydrogen-bond donors (Lipinski definition) is 2. The van der Waals surface area contributed by atoms with Crippen LogP contribution in [0.25, 0.3) is 0 Å². The summed E-state index contributed by atoms with van der Waals surface area (Å²) in [6.45, 7) is 6.19. The fourth-order valence-electron chi connectivity index (χ4n) is 2.98. The third kappa shape index (κ3) is 6.87. The van der Waals surface area contributed by atoms with Gasteiger partial charge >= 0.3 is 11.9 Å². The summed E-state index contributed by atoms with van der Waals surface area (Å²) in [4.78, 5) is 22.6. The zero-order valence-corrected chi connectivity index (χ0v) is 15.0. The van der Waals surface area contributed by atoms with E-state index in [1.807, 2.05) is 6.92 Å². The number of cyclic esters (lactones) is 1. The van der Waals surface area contributed by atoms with Gasteiger partial charge in [0, 0.05) is 12.0 Å². The number of carbonyl (C=O) groups excluding carboxylic acids is 1. The van der Waals surface area contributed by atoms with Crippen LogP contribution in [0.15, 0.2) is 23.3 Å². The number of aliphatic hydroxyl groups is 1. The highest BCUT2D eigenvalue weighted by atomic mass is 16.6. The number of aliphatic hydroxyl groups excluding tert-OH is 1. The molecule has 0 saturated carbocycles. The lowest BCUT2D eigenvalue weighted by molar-refractivity contribution is -0.152. The molecule has 1 aliphatic heterocycles. The number of ether oxygens (including phenoxy) is 1. The van der Waals surface area contributed by atoms with Gasteiger partial charge < -0.3 is 14.9 Å². The Balaban J connectivity index is 2.60. The third-order valence-corrected chi connectivity index (χ3v) is 4.31. The fraction of sp³-hybridized carbons (Fsp3) is 0.684. The van der Waals surface area contributed by atoms with E-state index < -0.39 is 24.1 Å². The van der Waals surface area contributed by atoms with Gasteiger partial charge in [0.05, 0.1) is 12.5 Å². The normalized spacial score (nSPS) is 24.8. The van der Waals surface area contributed by atoms with Crippen LogP contribution in [0.4, 0.5) is 0 Å². The predicted molar refractivity (Wildman–Crippen MR) is 92.5 cm³/mol. The summed E-state index contributed by atoms with van der Waals surface area (Å²) in [5.74, 6) is -1.17. The van der Waals surface area contributed by atoms with Gasteiger partial charge in [-0.1, -0.05) is 51.7 Å². The molecular weight excluding hydrogens is 308 g/mol. The topological polar surface area (TPSA) is 83.8 Å². The van der Waals surface area contributed by atoms with Crippen molar-refractivity contribution in [1.82, 2.24) is 0 Å². The van der Waals surface area contributed by atoms with E-state index in [0.29, 0.717) is 5.92 Å². The lowest BCUT2D eigenvalue weighted by Crippen LogP contribution is -2.39. The van der Waals surface area contributed by atoms with E-state index in [-0.39, 0.29) is 18.4 Å². The standard InChI is InChI=1S/C19H30O5/c1-4-5-6-7-8-13(2)11-14(3)18-16(20)12-15(19(23)24-18)9-10-17(21)22/h9,11,13,16,18,20H,4-8,10,12H2,1-3H3,(H,21,22)/b14-11+,15-9+. The monoisotopic (exact) mass is 338 g/mol. The van der Waals surface area contributed by atoms with Gasteiger partial charge in [0.25, 0.3) is 0 Å².